The van der Waals surface area contributed by atoms with Gasteiger partial charge in [-0.25, -0.2) is 0 Å². The summed E-state index contributed by atoms with van der Waals surface area (Å²) in [7, 11) is 0. The molecule has 0 saturated carbocycles. The Morgan fingerprint density at radius 2 is 1.77 bits per heavy atom. The molecule has 26 heavy (non-hydrogen) atoms. The van der Waals surface area contributed by atoms with Crippen LogP contribution in [0.3, 0.4) is 0 Å². The number of piperidine rings is 1. The zero-order chi connectivity index (χ0) is 19.5. The van der Waals surface area contributed by atoms with Gasteiger partial charge in [-0.1, -0.05) is 13.8 Å². The summed E-state index contributed by atoms with van der Waals surface area (Å²) in [5.41, 5.74) is 0.171. The largest absolute Gasteiger partial charge is 0.396 e. The summed E-state index contributed by atoms with van der Waals surface area (Å²) in [5.74, 6) is 1.35. The Labute approximate surface area is 160 Å². The van der Waals surface area contributed by atoms with Gasteiger partial charge < -0.3 is 15.3 Å². The second-order valence-corrected chi connectivity index (χ2v) is 10.3. The van der Waals surface area contributed by atoms with Gasteiger partial charge in [0.1, 0.15) is 0 Å². The van der Waals surface area contributed by atoms with Gasteiger partial charge >= 0.3 is 0 Å². The van der Waals surface area contributed by atoms with Crippen molar-refractivity contribution in [3.05, 3.63) is 0 Å². The number of amides is 1. The maximum Gasteiger partial charge on any atom is 0.222 e. The van der Waals surface area contributed by atoms with E-state index < -0.39 is 0 Å². The zero-order valence-corrected chi connectivity index (χ0v) is 17.8. The van der Waals surface area contributed by atoms with E-state index in [1.54, 1.807) is 0 Å². The Hall–Kier alpha value is -0.650. The molecule has 2 aliphatic heterocycles. The first kappa shape index (κ1) is 21.6. The number of carbonyl (C=O) groups is 1. The average Bonchev–Trinajstić information content (AvgIpc) is 2.45. The number of aliphatic hydroxyl groups excluding tert-OH is 1. The van der Waals surface area contributed by atoms with Crippen LogP contribution >= 0.6 is 0 Å². The molecule has 0 aromatic carbocycles. The van der Waals surface area contributed by atoms with E-state index in [1.807, 2.05) is 0 Å². The van der Waals surface area contributed by atoms with E-state index in [4.69, 9.17) is 0 Å². The van der Waals surface area contributed by atoms with Crippen LogP contribution < -0.4 is 5.32 Å². The van der Waals surface area contributed by atoms with E-state index in [0.29, 0.717) is 30.2 Å². The second-order valence-electron chi connectivity index (χ2n) is 10.3. The molecular weight excluding hydrogens is 326 g/mol. The number of piperazine rings is 1. The SMILES string of the molecule is CC(C)CN1CCN(C(=O)CC2CC(C)(C)NC(C)(C)C2)CC1CCO. The Morgan fingerprint density at radius 1 is 1.15 bits per heavy atom. The average molecular weight is 368 g/mol. The van der Waals surface area contributed by atoms with Crippen molar-refractivity contribution in [1.29, 1.82) is 0 Å². The van der Waals surface area contributed by atoms with Crippen LogP contribution in [0.25, 0.3) is 0 Å². The van der Waals surface area contributed by atoms with Gasteiger partial charge in [-0.15, -0.1) is 0 Å². The van der Waals surface area contributed by atoms with Crippen molar-refractivity contribution in [2.75, 3.05) is 32.8 Å². The van der Waals surface area contributed by atoms with Crippen LogP contribution in [-0.2, 0) is 4.79 Å². The number of hydrogen-bond donors (Lipinski definition) is 2. The van der Waals surface area contributed by atoms with Crippen molar-refractivity contribution < 1.29 is 9.90 Å². The number of nitrogens with one attached hydrogen (secondary N) is 1. The Bertz CT molecular complexity index is 460. The highest BCUT2D eigenvalue weighted by molar-refractivity contribution is 5.76. The van der Waals surface area contributed by atoms with Crippen LogP contribution in [0, 0.1) is 11.8 Å². The molecule has 1 amide bonds. The van der Waals surface area contributed by atoms with Gasteiger partial charge in [0.25, 0.3) is 0 Å². The van der Waals surface area contributed by atoms with Crippen LogP contribution in [-0.4, -0.2) is 70.7 Å². The van der Waals surface area contributed by atoms with Crippen molar-refractivity contribution in [2.24, 2.45) is 11.8 Å². The highest BCUT2D eigenvalue weighted by Gasteiger charge is 2.39. The molecule has 152 valence electrons. The fraction of sp³-hybridized carbons (Fsp3) is 0.952. The molecule has 2 saturated heterocycles. The first-order chi connectivity index (χ1) is 12.0. The van der Waals surface area contributed by atoms with Crippen LogP contribution in [0.4, 0.5) is 0 Å². The third-order valence-electron chi connectivity index (χ3n) is 5.76. The van der Waals surface area contributed by atoms with Crippen molar-refractivity contribution in [1.82, 2.24) is 15.1 Å². The Morgan fingerprint density at radius 3 is 2.31 bits per heavy atom. The van der Waals surface area contributed by atoms with Crippen LogP contribution in [0.1, 0.15) is 67.2 Å². The van der Waals surface area contributed by atoms with Gasteiger partial charge in [-0.3, -0.25) is 9.69 Å². The molecule has 5 nitrogen and oxygen atoms in total. The minimum Gasteiger partial charge on any atom is -0.396 e. The van der Waals surface area contributed by atoms with Crippen molar-refractivity contribution in [3.8, 4) is 0 Å². The Kier molecular flexibility index (Phi) is 7.14. The van der Waals surface area contributed by atoms with Crippen molar-refractivity contribution >= 4 is 5.91 Å². The number of hydrogen-bond acceptors (Lipinski definition) is 4. The number of rotatable bonds is 6. The van der Waals surface area contributed by atoms with E-state index in [1.165, 1.54) is 0 Å². The number of nitrogens with zero attached hydrogens (tertiary/aromatic N) is 2. The molecule has 0 bridgehead atoms. The second kappa shape index (κ2) is 8.57. The predicted octanol–water partition coefficient (Wildman–Crippen LogP) is 2.48. The normalized spacial score (nSPS) is 27.1. The molecule has 0 aromatic heterocycles. The molecule has 1 unspecified atom stereocenters. The summed E-state index contributed by atoms with van der Waals surface area (Å²) >= 11 is 0. The molecule has 0 radical (unpaired) electrons. The summed E-state index contributed by atoms with van der Waals surface area (Å²) in [5, 5.41) is 13.1. The van der Waals surface area contributed by atoms with Gasteiger partial charge in [-0.05, 0) is 58.8 Å². The van der Waals surface area contributed by atoms with Gasteiger partial charge in [0.05, 0.1) is 0 Å². The summed E-state index contributed by atoms with van der Waals surface area (Å²) < 4.78 is 0. The molecule has 0 aromatic rings. The monoisotopic (exact) mass is 367 g/mol. The molecule has 2 aliphatic rings. The molecular formula is C21H41N3O2. The lowest BCUT2D eigenvalue weighted by Gasteiger charge is -2.47. The highest BCUT2D eigenvalue weighted by Crippen LogP contribution is 2.35. The van der Waals surface area contributed by atoms with E-state index in [9.17, 15) is 9.90 Å². The minimum atomic E-state index is 0.0854. The topological polar surface area (TPSA) is 55.8 Å². The van der Waals surface area contributed by atoms with Crippen molar-refractivity contribution in [3.63, 3.8) is 0 Å². The molecule has 2 N–H and O–H groups in total. The van der Waals surface area contributed by atoms with E-state index in [0.717, 1.165) is 45.4 Å². The van der Waals surface area contributed by atoms with Crippen LogP contribution in [0.2, 0.25) is 0 Å². The summed E-state index contributed by atoms with van der Waals surface area (Å²) in [6.45, 7) is 17.2. The molecule has 2 fully saturated rings. The van der Waals surface area contributed by atoms with Crippen molar-refractivity contribution in [2.45, 2.75) is 84.3 Å². The summed E-state index contributed by atoms with van der Waals surface area (Å²) in [6.07, 6.45) is 3.51. The molecule has 5 heteroatoms. The maximum absolute atomic E-state index is 13.0. The zero-order valence-electron chi connectivity index (χ0n) is 17.8. The quantitative estimate of drug-likeness (QED) is 0.757. The predicted molar refractivity (Wildman–Crippen MR) is 107 cm³/mol. The van der Waals surface area contributed by atoms with Crippen LogP contribution in [0.5, 0.6) is 0 Å². The first-order valence-electron chi connectivity index (χ1n) is 10.4. The fourth-order valence-electron chi connectivity index (χ4n) is 5.31. The third kappa shape index (κ3) is 6.21. The standard InChI is InChI=1S/C21H41N3O2/c1-16(2)14-23-8-9-24(15-18(23)7-10-25)19(26)11-17-12-20(3,4)22-21(5,6)13-17/h16-18,22,25H,7-15H2,1-6H3. The summed E-state index contributed by atoms with van der Waals surface area (Å²) in [6, 6.07) is 0.293. The minimum absolute atomic E-state index is 0.0854. The van der Waals surface area contributed by atoms with Gasteiger partial charge in [0.15, 0.2) is 0 Å². The smallest absolute Gasteiger partial charge is 0.222 e. The summed E-state index contributed by atoms with van der Waals surface area (Å²) in [4.78, 5) is 17.5. The van der Waals surface area contributed by atoms with E-state index in [2.05, 4.69) is 56.7 Å². The highest BCUT2D eigenvalue weighted by atomic mass is 16.3. The van der Waals surface area contributed by atoms with Gasteiger partial charge in [0, 0.05) is 56.3 Å². The number of aliphatic hydroxyl groups is 1. The van der Waals surface area contributed by atoms with Gasteiger partial charge in [-0.2, -0.15) is 0 Å². The maximum atomic E-state index is 13.0. The van der Waals surface area contributed by atoms with Gasteiger partial charge in [0.2, 0.25) is 5.91 Å². The lowest BCUT2D eigenvalue weighted by molar-refractivity contribution is -0.136. The lowest BCUT2D eigenvalue weighted by Crippen LogP contribution is -2.59. The molecule has 0 aliphatic carbocycles. The first-order valence-corrected chi connectivity index (χ1v) is 10.4. The number of carbonyl (C=O) groups excluding carboxylic acids is 1. The lowest BCUT2D eigenvalue weighted by atomic mass is 9.74. The molecule has 1 atom stereocenters. The Balaban J connectivity index is 1.95. The third-order valence-corrected chi connectivity index (χ3v) is 5.76. The van der Waals surface area contributed by atoms with E-state index >= 15 is 0 Å². The fourth-order valence-corrected chi connectivity index (χ4v) is 5.31. The molecule has 2 heterocycles. The van der Waals surface area contributed by atoms with Crippen LogP contribution in [0.15, 0.2) is 0 Å². The molecule has 2 rings (SSSR count). The molecule has 0 spiro atoms. The van der Waals surface area contributed by atoms with E-state index in [-0.39, 0.29) is 17.7 Å².